The van der Waals surface area contributed by atoms with Crippen LogP contribution in [-0.4, -0.2) is 37.2 Å². The first kappa shape index (κ1) is 59.4. The van der Waals surface area contributed by atoms with Crippen molar-refractivity contribution in [2.75, 3.05) is 13.2 Å². The smallest absolute Gasteiger partial charge is 0.306 e. The van der Waals surface area contributed by atoms with Crippen LogP contribution in [0.5, 0.6) is 0 Å². The molecule has 362 valence electrons. The number of carbonyl (C=O) groups is 3. The standard InChI is InChI=1S/C55H106O6/c1-5-7-9-11-13-15-16-17-18-19-20-25-28-32-36-40-44-48-55(58)61-52(49-59-53(56)46-42-38-34-29-14-12-10-8-6-2)50-60-54(57)47-43-39-35-31-27-24-22-21-23-26-30-33-37-41-45-51(3)4/h51-52H,5-50H2,1-4H3/t52-/m0/s1. The molecule has 0 saturated carbocycles. The van der Waals surface area contributed by atoms with Crippen molar-refractivity contribution in [1.82, 2.24) is 0 Å². The number of carbonyl (C=O) groups excluding carboxylic acids is 3. The molecule has 0 unspecified atom stereocenters. The molecule has 1 atom stereocenters. The first-order valence-electron chi connectivity index (χ1n) is 27.4. The van der Waals surface area contributed by atoms with Crippen LogP contribution in [-0.2, 0) is 28.6 Å². The van der Waals surface area contributed by atoms with Crippen LogP contribution in [0.15, 0.2) is 0 Å². The van der Waals surface area contributed by atoms with Crippen LogP contribution in [0.2, 0.25) is 0 Å². The van der Waals surface area contributed by atoms with Crippen LogP contribution in [0.4, 0.5) is 0 Å². The molecular formula is C55H106O6. The Bertz CT molecular complexity index is 918. The van der Waals surface area contributed by atoms with Gasteiger partial charge in [0.2, 0.25) is 0 Å². The first-order chi connectivity index (χ1) is 29.9. The molecule has 0 N–H and O–H groups in total. The highest BCUT2D eigenvalue weighted by Crippen LogP contribution is 2.17. The third-order valence-corrected chi connectivity index (χ3v) is 12.5. The molecule has 0 spiro atoms. The summed E-state index contributed by atoms with van der Waals surface area (Å²) >= 11 is 0. The van der Waals surface area contributed by atoms with Gasteiger partial charge >= 0.3 is 17.9 Å². The van der Waals surface area contributed by atoms with Crippen molar-refractivity contribution in [3.05, 3.63) is 0 Å². The van der Waals surface area contributed by atoms with E-state index in [9.17, 15) is 14.4 Å². The predicted molar refractivity (Wildman–Crippen MR) is 261 cm³/mol. The molecule has 0 heterocycles. The van der Waals surface area contributed by atoms with E-state index in [1.54, 1.807) is 0 Å². The summed E-state index contributed by atoms with van der Waals surface area (Å²) in [5, 5.41) is 0. The minimum atomic E-state index is -0.760. The summed E-state index contributed by atoms with van der Waals surface area (Å²) < 4.78 is 16.8. The SMILES string of the molecule is CCCCCCCCCCCCCCCCCCCC(=O)O[C@@H](COC(=O)CCCCCCCCCCC)COC(=O)CCCCCCCCCCCCCCCCC(C)C. The molecule has 0 aliphatic heterocycles. The Morgan fingerprint density at radius 3 is 0.803 bits per heavy atom. The van der Waals surface area contributed by atoms with Crippen molar-refractivity contribution in [2.24, 2.45) is 5.92 Å². The molecule has 0 amide bonds. The lowest BCUT2D eigenvalue weighted by Gasteiger charge is -2.18. The topological polar surface area (TPSA) is 78.9 Å². The monoisotopic (exact) mass is 863 g/mol. The summed E-state index contributed by atoms with van der Waals surface area (Å²) in [6.07, 6.45) is 52.4. The Morgan fingerprint density at radius 1 is 0.311 bits per heavy atom. The highest BCUT2D eigenvalue weighted by Gasteiger charge is 2.19. The Hall–Kier alpha value is -1.59. The summed E-state index contributed by atoms with van der Waals surface area (Å²) in [5.74, 6) is 0.00228. The zero-order valence-corrected chi connectivity index (χ0v) is 41.6. The zero-order chi connectivity index (χ0) is 44.5. The molecule has 0 fully saturated rings. The number of unbranched alkanes of at least 4 members (excludes halogenated alkanes) is 37. The predicted octanol–water partition coefficient (Wildman–Crippen LogP) is 17.8. The Labute approximate surface area is 380 Å². The minimum Gasteiger partial charge on any atom is -0.462 e. The van der Waals surface area contributed by atoms with E-state index < -0.39 is 6.10 Å². The molecule has 0 bridgehead atoms. The summed E-state index contributed by atoms with van der Waals surface area (Å²) in [4.78, 5) is 37.9. The number of rotatable bonds is 50. The molecule has 6 heteroatoms. The lowest BCUT2D eigenvalue weighted by molar-refractivity contribution is -0.167. The van der Waals surface area contributed by atoms with Gasteiger partial charge in [-0.25, -0.2) is 0 Å². The molecule has 0 radical (unpaired) electrons. The highest BCUT2D eigenvalue weighted by atomic mass is 16.6. The fourth-order valence-electron chi connectivity index (χ4n) is 8.39. The van der Waals surface area contributed by atoms with E-state index in [0.29, 0.717) is 19.3 Å². The largest absolute Gasteiger partial charge is 0.462 e. The molecule has 0 aromatic rings. The quantitative estimate of drug-likeness (QED) is 0.0344. The maximum Gasteiger partial charge on any atom is 0.306 e. The van der Waals surface area contributed by atoms with Crippen molar-refractivity contribution >= 4 is 17.9 Å². The van der Waals surface area contributed by atoms with Gasteiger partial charge in [0.25, 0.3) is 0 Å². The molecule has 0 saturated heterocycles. The molecule has 0 aliphatic carbocycles. The third-order valence-electron chi connectivity index (χ3n) is 12.5. The molecule has 0 aromatic carbocycles. The molecule has 0 aliphatic rings. The second kappa shape index (κ2) is 49.4. The van der Waals surface area contributed by atoms with E-state index in [4.69, 9.17) is 14.2 Å². The van der Waals surface area contributed by atoms with Crippen LogP contribution in [0.1, 0.15) is 310 Å². The van der Waals surface area contributed by atoms with Crippen LogP contribution in [0.25, 0.3) is 0 Å². The number of hydrogen-bond acceptors (Lipinski definition) is 6. The fraction of sp³-hybridized carbons (Fsp3) is 0.945. The van der Waals surface area contributed by atoms with Crippen LogP contribution in [0, 0.1) is 5.92 Å². The van der Waals surface area contributed by atoms with Crippen LogP contribution < -0.4 is 0 Å². The molecular weight excluding hydrogens is 757 g/mol. The molecule has 61 heavy (non-hydrogen) atoms. The fourth-order valence-corrected chi connectivity index (χ4v) is 8.39. The van der Waals surface area contributed by atoms with E-state index in [1.165, 1.54) is 205 Å². The number of ether oxygens (including phenoxy) is 3. The van der Waals surface area contributed by atoms with Crippen molar-refractivity contribution in [2.45, 2.75) is 316 Å². The number of hydrogen-bond donors (Lipinski definition) is 0. The van der Waals surface area contributed by atoms with E-state index in [0.717, 1.165) is 63.7 Å². The lowest BCUT2D eigenvalue weighted by atomic mass is 10.0. The Morgan fingerprint density at radius 2 is 0.541 bits per heavy atom. The second-order valence-corrected chi connectivity index (χ2v) is 19.3. The van der Waals surface area contributed by atoms with Crippen molar-refractivity contribution in [3.63, 3.8) is 0 Å². The van der Waals surface area contributed by atoms with Gasteiger partial charge in [0, 0.05) is 19.3 Å². The van der Waals surface area contributed by atoms with Crippen molar-refractivity contribution in [1.29, 1.82) is 0 Å². The van der Waals surface area contributed by atoms with Gasteiger partial charge < -0.3 is 14.2 Å². The van der Waals surface area contributed by atoms with Gasteiger partial charge in [0.1, 0.15) is 13.2 Å². The van der Waals surface area contributed by atoms with Gasteiger partial charge in [-0.05, 0) is 25.2 Å². The van der Waals surface area contributed by atoms with Gasteiger partial charge in [0.05, 0.1) is 0 Å². The first-order valence-corrected chi connectivity index (χ1v) is 27.4. The van der Waals surface area contributed by atoms with Gasteiger partial charge in [0.15, 0.2) is 6.10 Å². The molecule has 0 rings (SSSR count). The van der Waals surface area contributed by atoms with Gasteiger partial charge in [-0.15, -0.1) is 0 Å². The van der Waals surface area contributed by atoms with E-state index in [1.807, 2.05) is 0 Å². The molecule has 0 aromatic heterocycles. The van der Waals surface area contributed by atoms with Gasteiger partial charge in [-0.2, -0.15) is 0 Å². The summed E-state index contributed by atoms with van der Waals surface area (Å²) in [7, 11) is 0. The minimum absolute atomic E-state index is 0.0624. The second-order valence-electron chi connectivity index (χ2n) is 19.3. The van der Waals surface area contributed by atoms with E-state index >= 15 is 0 Å². The third kappa shape index (κ3) is 49.3. The highest BCUT2D eigenvalue weighted by molar-refractivity contribution is 5.71. The van der Waals surface area contributed by atoms with Crippen LogP contribution >= 0.6 is 0 Å². The zero-order valence-electron chi connectivity index (χ0n) is 41.6. The van der Waals surface area contributed by atoms with Gasteiger partial charge in [-0.1, -0.05) is 272 Å². The van der Waals surface area contributed by atoms with Crippen LogP contribution in [0.3, 0.4) is 0 Å². The Balaban J connectivity index is 4.23. The summed E-state index contributed by atoms with van der Waals surface area (Å²) in [6.45, 7) is 9.03. The summed E-state index contributed by atoms with van der Waals surface area (Å²) in [5.41, 5.74) is 0. The van der Waals surface area contributed by atoms with Gasteiger partial charge in [-0.3, -0.25) is 14.4 Å². The van der Waals surface area contributed by atoms with Crippen molar-refractivity contribution in [3.8, 4) is 0 Å². The lowest BCUT2D eigenvalue weighted by Crippen LogP contribution is -2.30. The molecule has 6 nitrogen and oxygen atoms in total. The maximum absolute atomic E-state index is 12.8. The maximum atomic E-state index is 12.8. The van der Waals surface area contributed by atoms with Crippen molar-refractivity contribution < 1.29 is 28.6 Å². The summed E-state index contributed by atoms with van der Waals surface area (Å²) in [6, 6.07) is 0. The normalized spacial score (nSPS) is 12.0. The van der Waals surface area contributed by atoms with E-state index in [2.05, 4.69) is 27.7 Å². The average molecular weight is 863 g/mol. The Kier molecular flexibility index (Phi) is 48.1. The van der Waals surface area contributed by atoms with E-state index in [-0.39, 0.29) is 31.1 Å². The number of esters is 3. The average Bonchev–Trinajstić information content (AvgIpc) is 3.24.